The smallest absolute Gasteiger partial charge is 0.160 e. The molecule has 1 N–H and O–H groups in total. The number of hydrogen-bond donors (Lipinski definition) is 1. The number of benzene rings is 8. The molecule has 4 nitrogen and oxygen atoms in total. The Morgan fingerprint density at radius 2 is 1.14 bits per heavy atom. The number of fused-ring (bicyclic) bond motifs is 8. The van der Waals surface area contributed by atoms with Crippen molar-refractivity contribution in [3.8, 4) is 11.1 Å². The van der Waals surface area contributed by atoms with Crippen molar-refractivity contribution in [2.24, 2.45) is 9.98 Å². The molecule has 1 atom stereocenters. The highest BCUT2D eigenvalue weighted by Crippen LogP contribution is 2.40. The van der Waals surface area contributed by atoms with Crippen molar-refractivity contribution in [1.82, 2.24) is 5.32 Å². The molecule has 2 heterocycles. The van der Waals surface area contributed by atoms with Gasteiger partial charge in [0, 0.05) is 33.0 Å². The van der Waals surface area contributed by atoms with Gasteiger partial charge in [0.15, 0.2) is 5.84 Å². The highest BCUT2D eigenvalue weighted by molar-refractivity contribution is 6.24. The Morgan fingerprint density at radius 1 is 0.469 bits per heavy atom. The van der Waals surface area contributed by atoms with Gasteiger partial charge in [0.1, 0.15) is 23.2 Å². The number of furan rings is 1. The van der Waals surface area contributed by atoms with E-state index in [-0.39, 0.29) is 6.17 Å². The van der Waals surface area contributed by atoms with Crippen LogP contribution in [0.2, 0.25) is 0 Å². The molecule has 4 heteroatoms. The number of aliphatic imine (C=N–C) groups is 2. The summed E-state index contributed by atoms with van der Waals surface area (Å²) >= 11 is 0. The van der Waals surface area contributed by atoms with Crippen molar-refractivity contribution < 1.29 is 4.42 Å². The van der Waals surface area contributed by atoms with E-state index >= 15 is 0 Å². The zero-order valence-electron chi connectivity index (χ0n) is 26.5. The van der Waals surface area contributed by atoms with Crippen molar-refractivity contribution in [2.75, 3.05) is 0 Å². The Labute approximate surface area is 282 Å². The summed E-state index contributed by atoms with van der Waals surface area (Å²) in [5, 5.41) is 13.1. The molecule has 0 radical (unpaired) electrons. The van der Waals surface area contributed by atoms with Crippen LogP contribution in [0, 0.1) is 0 Å². The van der Waals surface area contributed by atoms with Gasteiger partial charge in [-0.1, -0.05) is 146 Å². The SMILES string of the molecule is c1ccc(C2=NC(c3ccc(-c4ccccc4)c4oc5ccccc5c34)=NC(c3cccc4c3ccc3ccc5ccccc5c34)N2)cc1. The van der Waals surface area contributed by atoms with E-state index in [1.807, 2.05) is 36.4 Å². The van der Waals surface area contributed by atoms with Crippen LogP contribution in [-0.4, -0.2) is 11.7 Å². The third-order valence-corrected chi connectivity index (χ3v) is 9.74. The van der Waals surface area contributed by atoms with Crippen LogP contribution >= 0.6 is 0 Å². The molecule has 8 aromatic carbocycles. The lowest BCUT2D eigenvalue weighted by Gasteiger charge is -2.25. The van der Waals surface area contributed by atoms with Crippen LogP contribution in [0.15, 0.2) is 178 Å². The van der Waals surface area contributed by atoms with E-state index in [0.717, 1.165) is 55.6 Å². The number of hydrogen-bond acceptors (Lipinski definition) is 4. The van der Waals surface area contributed by atoms with Crippen molar-refractivity contribution in [3.05, 3.63) is 180 Å². The molecular weight excluding hydrogens is 599 g/mol. The Morgan fingerprint density at radius 3 is 2.00 bits per heavy atom. The molecule has 1 aliphatic heterocycles. The van der Waals surface area contributed by atoms with Crippen LogP contribution in [0.1, 0.15) is 22.9 Å². The topological polar surface area (TPSA) is 49.9 Å². The fourth-order valence-corrected chi connectivity index (χ4v) is 7.46. The van der Waals surface area contributed by atoms with Gasteiger partial charge in [-0.3, -0.25) is 0 Å². The van der Waals surface area contributed by atoms with Crippen molar-refractivity contribution in [3.63, 3.8) is 0 Å². The number of rotatable bonds is 4. The second kappa shape index (κ2) is 11.0. The molecule has 9 aromatic rings. The predicted molar refractivity (Wildman–Crippen MR) is 204 cm³/mol. The first kappa shape index (κ1) is 27.6. The van der Waals surface area contributed by atoms with Crippen LogP contribution in [0.25, 0.3) is 65.4 Å². The summed E-state index contributed by atoms with van der Waals surface area (Å²) in [6, 6.07) is 57.4. The molecule has 0 aliphatic carbocycles. The zero-order chi connectivity index (χ0) is 32.3. The summed E-state index contributed by atoms with van der Waals surface area (Å²) in [6.07, 6.45) is -0.374. The molecule has 230 valence electrons. The first-order valence-electron chi connectivity index (χ1n) is 16.6. The number of nitrogens with zero attached hydrogens (tertiary/aromatic N) is 2. The summed E-state index contributed by atoms with van der Waals surface area (Å²) in [7, 11) is 0. The van der Waals surface area contributed by atoms with Crippen molar-refractivity contribution >= 4 is 65.9 Å². The quantitative estimate of drug-likeness (QED) is 0.197. The molecule has 0 bridgehead atoms. The highest BCUT2D eigenvalue weighted by Gasteiger charge is 2.26. The van der Waals surface area contributed by atoms with Crippen molar-refractivity contribution in [2.45, 2.75) is 6.17 Å². The summed E-state index contributed by atoms with van der Waals surface area (Å²) < 4.78 is 6.61. The van der Waals surface area contributed by atoms with Gasteiger partial charge in [0.2, 0.25) is 0 Å². The van der Waals surface area contributed by atoms with E-state index in [4.69, 9.17) is 14.4 Å². The van der Waals surface area contributed by atoms with Gasteiger partial charge in [-0.05, 0) is 56.1 Å². The summed E-state index contributed by atoms with van der Waals surface area (Å²) in [6.45, 7) is 0. The van der Waals surface area contributed by atoms with Crippen LogP contribution in [0.5, 0.6) is 0 Å². The lowest BCUT2D eigenvalue weighted by Crippen LogP contribution is -2.33. The molecule has 1 unspecified atom stereocenters. The molecule has 0 saturated carbocycles. The first-order valence-corrected chi connectivity index (χ1v) is 16.6. The average Bonchev–Trinajstić information content (AvgIpc) is 3.57. The van der Waals surface area contributed by atoms with Crippen LogP contribution in [0.3, 0.4) is 0 Å². The van der Waals surface area contributed by atoms with E-state index < -0.39 is 0 Å². The van der Waals surface area contributed by atoms with Crippen molar-refractivity contribution in [1.29, 1.82) is 0 Å². The second-order valence-electron chi connectivity index (χ2n) is 12.5. The molecule has 0 spiro atoms. The lowest BCUT2D eigenvalue weighted by molar-refractivity contribution is 0.669. The van der Waals surface area contributed by atoms with E-state index in [0.29, 0.717) is 5.84 Å². The van der Waals surface area contributed by atoms with E-state index in [1.165, 1.54) is 32.3 Å². The third kappa shape index (κ3) is 4.45. The molecule has 0 amide bonds. The first-order chi connectivity index (χ1) is 24.3. The fourth-order valence-electron chi connectivity index (χ4n) is 7.46. The maximum atomic E-state index is 6.61. The fraction of sp³-hybridized carbons (Fsp3) is 0.0222. The molecular formula is C45H29N3O. The third-order valence-electron chi connectivity index (χ3n) is 9.74. The Hall–Kier alpha value is -6.52. The van der Waals surface area contributed by atoms with Gasteiger partial charge < -0.3 is 9.73 Å². The molecule has 0 fully saturated rings. The molecule has 1 aliphatic rings. The average molecular weight is 628 g/mol. The largest absolute Gasteiger partial charge is 0.455 e. The Bertz CT molecular complexity index is 2800. The van der Waals surface area contributed by atoms with Gasteiger partial charge in [-0.25, -0.2) is 9.98 Å². The highest BCUT2D eigenvalue weighted by atomic mass is 16.3. The zero-order valence-corrected chi connectivity index (χ0v) is 26.5. The van der Waals surface area contributed by atoms with E-state index in [1.54, 1.807) is 0 Å². The van der Waals surface area contributed by atoms with Gasteiger partial charge in [0.05, 0.1) is 0 Å². The van der Waals surface area contributed by atoms with Crippen LogP contribution in [-0.2, 0) is 0 Å². The Kier molecular flexibility index (Phi) is 6.21. The minimum atomic E-state index is -0.374. The summed E-state index contributed by atoms with van der Waals surface area (Å²) in [5.74, 6) is 1.45. The maximum absolute atomic E-state index is 6.61. The van der Waals surface area contributed by atoms with Gasteiger partial charge in [-0.2, -0.15) is 0 Å². The minimum absolute atomic E-state index is 0.374. The van der Waals surface area contributed by atoms with Crippen LogP contribution in [0.4, 0.5) is 0 Å². The number of nitrogens with one attached hydrogen (secondary N) is 1. The summed E-state index contributed by atoms with van der Waals surface area (Å²) in [5.41, 5.74) is 6.87. The molecule has 10 rings (SSSR count). The number of para-hydroxylation sites is 1. The van der Waals surface area contributed by atoms with Gasteiger partial charge >= 0.3 is 0 Å². The Balaban J connectivity index is 1.22. The molecule has 49 heavy (non-hydrogen) atoms. The molecule has 0 saturated heterocycles. The predicted octanol–water partition coefficient (Wildman–Crippen LogP) is 11.2. The normalized spacial score (nSPS) is 14.7. The number of amidine groups is 2. The van der Waals surface area contributed by atoms with Crippen LogP contribution < -0.4 is 5.32 Å². The van der Waals surface area contributed by atoms with E-state index in [9.17, 15) is 0 Å². The maximum Gasteiger partial charge on any atom is 0.160 e. The van der Waals surface area contributed by atoms with E-state index in [2.05, 4.69) is 133 Å². The minimum Gasteiger partial charge on any atom is -0.455 e. The second-order valence-corrected chi connectivity index (χ2v) is 12.5. The van der Waals surface area contributed by atoms with Gasteiger partial charge in [-0.15, -0.1) is 0 Å². The standard InChI is InChI=1S/C45H29N3O/c1-3-12-28(13-4-1)33-26-27-38(41-37-18-9-10-21-39(37)49-42(33)41)45-47-43(31-15-5-2-6-16-31)46-44(48-45)36-20-11-19-35-34(36)25-24-30-23-22-29-14-7-8-17-32(29)40(30)35/h1-27,44H,(H,46,47,48). The lowest BCUT2D eigenvalue weighted by atomic mass is 9.93. The molecule has 1 aromatic heterocycles. The summed E-state index contributed by atoms with van der Waals surface area (Å²) in [4.78, 5) is 10.6. The van der Waals surface area contributed by atoms with Gasteiger partial charge in [0.25, 0.3) is 0 Å². The monoisotopic (exact) mass is 627 g/mol.